The van der Waals surface area contributed by atoms with Crippen LogP contribution in [-0.2, 0) is 19.2 Å². The fraction of sp³-hybridized carbons (Fsp3) is 0.0185. The topological polar surface area (TPSA) is 309 Å². The van der Waals surface area contributed by atoms with E-state index in [4.69, 9.17) is 5.73 Å². The Hall–Kier alpha value is -11.1. The van der Waals surface area contributed by atoms with Gasteiger partial charge in [0.25, 0.3) is 29.2 Å². The lowest BCUT2D eigenvalue weighted by Crippen LogP contribution is -2.54. The predicted molar refractivity (Wildman–Crippen MR) is 276 cm³/mol. The van der Waals surface area contributed by atoms with Crippen LogP contribution in [0.3, 0.4) is 0 Å². The summed E-state index contributed by atoms with van der Waals surface area (Å²) in [6.45, 7) is 0. The number of hydrogen-bond donors (Lipinski definition) is 7. The smallest absolute Gasteiger partial charge is 0.335 e. The summed E-state index contributed by atoms with van der Waals surface area (Å²) in [6.07, 6.45) is 3.71. The maximum Gasteiger partial charge on any atom is 0.335 e. The lowest BCUT2D eigenvalue weighted by atomic mass is 10.1. The zero-order valence-corrected chi connectivity index (χ0v) is 39.0. The van der Waals surface area contributed by atoms with Crippen LogP contribution in [-0.4, -0.2) is 68.4 Å². The number of imide groups is 4. The van der Waals surface area contributed by atoms with Crippen LogP contribution in [0.5, 0.6) is 5.88 Å². The van der Waals surface area contributed by atoms with Crippen LogP contribution in [0.2, 0.25) is 0 Å². The van der Waals surface area contributed by atoms with Crippen molar-refractivity contribution in [3.8, 4) is 11.6 Å². The number of anilines is 5. The van der Waals surface area contributed by atoms with Gasteiger partial charge in [0.05, 0.1) is 17.1 Å². The number of aromatic amines is 1. The molecule has 2 aliphatic heterocycles. The number of benzene rings is 6. The minimum Gasteiger partial charge on any atom is -0.494 e. The number of aldehydes is 1. The molecule has 6 aromatic carbocycles. The number of carbonyl (C=O) groups is 9. The van der Waals surface area contributed by atoms with Gasteiger partial charge in [-0.3, -0.25) is 54.0 Å². The van der Waals surface area contributed by atoms with E-state index in [0.29, 0.717) is 33.1 Å². The highest BCUT2D eigenvalue weighted by Gasteiger charge is 2.37. The van der Waals surface area contributed by atoms with E-state index in [-0.39, 0.29) is 28.5 Å². The highest BCUT2D eigenvalue weighted by molar-refractivity contribution is 6.37. The molecule has 0 bridgehead atoms. The molecule has 0 aliphatic carbocycles. The number of barbiturate groups is 2. The highest BCUT2D eigenvalue weighted by atomic mass is 16.3. The Morgan fingerprint density at radius 2 is 1.12 bits per heavy atom. The van der Waals surface area contributed by atoms with E-state index in [1.54, 1.807) is 103 Å². The Bertz CT molecular complexity index is 3560. The number of amides is 10. The van der Waals surface area contributed by atoms with E-state index in [9.17, 15) is 57.8 Å². The quantitative estimate of drug-likeness (QED) is 0.0285. The van der Waals surface area contributed by atoms with E-state index in [0.717, 1.165) is 39.5 Å². The van der Waals surface area contributed by atoms with Crippen LogP contribution in [0.1, 0.15) is 43.1 Å². The lowest BCUT2D eigenvalue weighted by molar-refractivity contribution is -0.128. The van der Waals surface area contributed by atoms with Crippen LogP contribution >= 0.6 is 0 Å². The van der Waals surface area contributed by atoms with Crippen molar-refractivity contribution in [3.05, 3.63) is 225 Å². The number of allylic oxidation sites excluding steroid dienone is 2. The standard InChI is InChI=1S/C30H22N6O7.C17H13N3O4.C7H6O/c31-18-9-4-11-20(15-18)35-27(40)22(25(38)33-29(35)42)13-6-14-23-26(39)34-30(43)36(28(23)41)21-12-5-10-19(16-21)32-24(37)17-7-2-1-3-8-17;21-14-10-15(22)20(17(24)19-14)13-8-4-7-12(9-13)18-16(23)11-5-2-1-3-6-11;8-6-7-4-2-1-3-5-7/h1-16,38H,31H2,(H,32,37)(H,33,42)(H,34,39,43);1-9H,10H2,(H,18,23)(H,19,21,24);1-6H/b13-6+,23-14+;;. The summed E-state index contributed by atoms with van der Waals surface area (Å²) >= 11 is 0. The Morgan fingerprint density at radius 1 is 0.600 bits per heavy atom. The summed E-state index contributed by atoms with van der Waals surface area (Å²) in [7, 11) is 0. The van der Waals surface area contributed by atoms with Gasteiger partial charge < -0.3 is 21.5 Å². The molecule has 9 rings (SSSR count). The van der Waals surface area contributed by atoms with E-state index >= 15 is 0 Å². The monoisotopic (exact) mass is 1010 g/mol. The van der Waals surface area contributed by atoms with Crippen LogP contribution in [0.25, 0.3) is 11.8 Å². The molecule has 3 heterocycles. The van der Waals surface area contributed by atoms with Gasteiger partial charge in [0, 0.05) is 33.8 Å². The zero-order chi connectivity index (χ0) is 53.6. The number of aromatic nitrogens is 2. The first-order chi connectivity index (χ1) is 36.1. The molecule has 0 unspecified atom stereocenters. The fourth-order valence-corrected chi connectivity index (χ4v) is 7.11. The van der Waals surface area contributed by atoms with Crippen molar-refractivity contribution in [2.75, 3.05) is 26.2 Å². The molecule has 0 atom stereocenters. The van der Waals surface area contributed by atoms with Gasteiger partial charge in [0.1, 0.15) is 23.8 Å². The third-order valence-electron chi connectivity index (χ3n) is 10.6. The molecule has 75 heavy (non-hydrogen) atoms. The van der Waals surface area contributed by atoms with Crippen LogP contribution in [0.4, 0.5) is 38.0 Å². The van der Waals surface area contributed by atoms with Crippen molar-refractivity contribution in [2.45, 2.75) is 6.42 Å². The Morgan fingerprint density at radius 3 is 1.65 bits per heavy atom. The van der Waals surface area contributed by atoms with E-state index < -0.39 is 70.7 Å². The number of nitrogen functional groups attached to an aromatic ring is 1. The van der Waals surface area contributed by atoms with Crippen molar-refractivity contribution in [3.63, 3.8) is 0 Å². The third kappa shape index (κ3) is 12.8. The number of urea groups is 2. The number of hydrogen-bond acceptors (Lipinski definition) is 13. The number of carbonyl (C=O) groups excluding carboxylic acids is 9. The van der Waals surface area contributed by atoms with Gasteiger partial charge in [-0.05, 0) is 91.0 Å². The molecule has 8 N–H and O–H groups in total. The SMILES string of the molecule is Nc1cccc(-n2c(=O)[nH]c(O)c(/C=C/C=C3\C(=O)NC(=O)N(c4cccc(NC(=O)c5ccccc5)c4)C3=O)c2=O)c1.O=C1CC(=O)N(c2cccc(NC(=O)c3ccccc3)c2)C(=O)N1.O=Cc1ccccc1. The largest absolute Gasteiger partial charge is 0.494 e. The summed E-state index contributed by atoms with van der Waals surface area (Å²) in [6, 6.07) is 42.5. The molecule has 1 aromatic heterocycles. The highest BCUT2D eigenvalue weighted by Crippen LogP contribution is 2.26. The van der Waals surface area contributed by atoms with Crippen molar-refractivity contribution in [1.82, 2.24) is 20.2 Å². The first kappa shape index (κ1) is 51.8. The molecular weight excluding hydrogens is 967 g/mol. The maximum absolute atomic E-state index is 13.3. The second kappa shape index (κ2) is 23.7. The first-order valence-electron chi connectivity index (χ1n) is 22.2. The van der Waals surface area contributed by atoms with Gasteiger partial charge in [0.2, 0.25) is 17.7 Å². The molecule has 2 saturated heterocycles. The normalized spacial score (nSPS) is 13.7. The lowest BCUT2D eigenvalue weighted by Gasteiger charge is -2.26. The second-order valence-corrected chi connectivity index (χ2v) is 15.8. The van der Waals surface area contributed by atoms with Crippen molar-refractivity contribution in [1.29, 1.82) is 0 Å². The molecule has 0 radical (unpaired) electrons. The molecule has 374 valence electrons. The number of rotatable bonds is 10. The summed E-state index contributed by atoms with van der Waals surface area (Å²) in [4.78, 5) is 137. The molecule has 7 aromatic rings. The fourth-order valence-electron chi connectivity index (χ4n) is 7.11. The van der Waals surface area contributed by atoms with Crippen LogP contribution in [0.15, 0.2) is 191 Å². The van der Waals surface area contributed by atoms with Crippen LogP contribution in [0, 0.1) is 0 Å². The Labute approximate surface area is 424 Å². The molecule has 0 saturated carbocycles. The Balaban J connectivity index is 0.000000212. The number of H-pyrrole nitrogens is 1. The average Bonchev–Trinajstić information content (AvgIpc) is 3.39. The van der Waals surface area contributed by atoms with Crippen molar-refractivity contribution >= 4 is 88.3 Å². The second-order valence-electron chi connectivity index (χ2n) is 15.8. The molecule has 10 amide bonds. The molecule has 2 fully saturated rings. The minimum atomic E-state index is -1.01. The number of aromatic hydroxyl groups is 1. The van der Waals surface area contributed by atoms with Gasteiger partial charge in [-0.2, -0.15) is 0 Å². The predicted octanol–water partition coefficient (Wildman–Crippen LogP) is 5.70. The molecular formula is C54H41N9O12. The molecule has 21 nitrogen and oxygen atoms in total. The summed E-state index contributed by atoms with van der Waals surface area (Å²) in [5.74, 6) is -4.67. The van der Waals surface area contributed by atoms with Gasteiger partial charge in [-0.25, -0.2) is 28.8 Å². The van der Waals surface area contributed by atoms with Crippen molar-refractivity contribution in [2.24, 2.45) is 0 Å². The molecule has 0 spiro atoms. The number of nitrogens with one attached hydrogen (secondary N) is 5. The Kier molecular flexibility index (Phi) is 16.3. The average molecular weight is 1010 g/mol. The van der Waals surface area contributed by atoms with Crippen molar-refractivity contribution < 1.29 is 48.3 Å². The van der Waals surface area contributed by atoms with Gasteiger partial charge in [-0.1, -0.05) is 91.0 Å². The van der Waals surface area contributed by atoms with Crippen LogP contribution < -0.4 is 48.0 Å². The maximum atomic E-state index is 13.3. The summed E-state index contributed by atoms with van der Waals surface area (Å²) < 4.78 is 0.755. The minimum absolute atomic E-state index is 0.0686. The molecule has 21 heteroatoms. The van der Waals surface area contributed by atoms with E-state index in [2.05, 4.69) is 26.3 Å². The summed E-state index contributed by atoms with van der Waals surface area (Å²) in [5.41, 5.74) is 6.25. The van der Waals surface area contributed by atoms with Gasteiger partial charge >= 0.3 is 17.8 Å². The van der Waals surface area contributed by atoms with E-state index in [1.165, 1.54) is 42.5 Å². The molecule has 2 aliphatic rings. The number of nitrogens with two attached hydrogens (primary N) is 1. The van der Waals surface area contributed by atoms with Gasteiger partial charge in [-0.15, -0.1) is 0 Å². The number of nitrogens with zero attached hydrogens (tertiary/aromatic N) is 3. The summed E-state index contributed by atoms with van der Waals surface area (Å²) in [5, 5.41) is 19.8. The third-order valence-corrected chi connectivity index (χ3v) is 10.6. The zero-order valence-electron chi connectivity index (χ0n) is 39.0. The van der Waals surface area contributed by atoms with E-state index in [1.807, 2.05) is 18.2 Å². The first-order valence-corrected chi connectivity index (χ1v) is 22.2. The van der Waals surface area contributed by atoms with Gasteiger partial charge in [0.15, 0.2) is 0 Å².